The minimum Gasteiger partial charge on any atom is -0.253 e. The van der Waals surface area contributed by atoms with Crippen LogP contribution in [0.1, 0.15) is 6.93 Å². The Morgan fingerprint density at radius 1 is 1.27 bits per heavy atom. The van der Waals surface area contributed by atoms with Gasteiger partial charge in [0.15, 0.2) is 0 Å². The molecule has 0 aliphatic carbocycles. The first-order valence-electron chi connectivity index (χ1n) is 3.95. The molecule has 0 bridgehead atoms. The van der Waals surface area contributed by atoms with E-state index < -0.39 is 0 Å². The van der Waals surface area contributed by atoms with Gasteiger partial charge in [-0.05, 0) is 24.6 Å². The highest BCUT2D eigenvalue weighted by Crippen LogP contribution is 2.08. The van der Waals surface area contributed by atoms with Gasteiger partial charge in [0.25, 0.3) is 0 Å². The molecule has 0 N–H and O–H groups in total. The van der Waals surface area contributed by atoms with Gasteiger partial charge >= 0.3 is 0 Å². The minimum atomic E-state index is 0.443. The van der Waals surface area contributed by atoms with E-state index in [9.17, 15) is 0 Å². The summed E-state index contributed by atoms with van der Waals surface area (Å²) in [5.74, 6) is 0. The van der Waals surface area contributed by atoms with Gasteiger partial charge in [-0.3, -0.25) is 9.97 Å². The minimum absolute atomic E-state index is 0.443. The normalized spacial score (nSPS) is 11.5. The molecule has 0 fully saturated rings. The van der Waals surface area contributed by atoms with E-state index in [0.29, 0.717) is 11.6 Å². The predicted octanol–water partition coefficient (Wildman–Crippen LogP) is 1.94. The Hall–Kier alpha value is -1.44. The number of hydrogen-bond acceptors (Lipinski definition) is 2. The van der Waals surface area contributed by atoms with Crippen molar-refractivity contribution in [3.8, 4) is 0 Å². The zero-order chi connectivity index (χ0) is 8.55. The van der Waals surface area contributed by atoms with Crippen molar-refractivity contribution < 1.29 is 1.37 Å². The Kier molecular flexibility index (Phi) is 1.10. The van der Waals surface area contributed by atoms with Crippen molar-refractivity contribution in [2.45, 2.75) is 6.92 Å². The van der Waals surface area contributed by atoms with Crippen LogP contribution in [0.25, 0.3) is 11.0 Å². The van der Waals surface area contributed by atoms with Crippen LogP contribution in [0, 0.1) is 6.92 Å². The van der Waals surface area contributed by atoms with Crippen molar-refractivity contribution in [2.24, 2.45) is 0 Å². The largest absolute Gasteiger partial charge is 0.253 e. The molecule has 0 aliphatic heterocycles. The number of fused-ring (bicyclic) bond motifs is 1. The highest BCUT2D eigenvalue weighted by atomic mass is 14.8. The van der Waals surface area contributed by atoms with Crippen LogP contribution in [-0.4, -0.2) is 9.97 Å². The summed E-state index contributed by atoms with van der Waals surface area (Å²) in [5, 5.41) is 0. The molecule has 2 nitrogen and oxygen atoms in total. The first-order valence-corrected chi connectivity index (χ1v) is 3.45. The van der Waals surface area contributed by atoms with Gasteiger partial charge in [-0.1, -0.05) is 6.07 Å². The molecule has 1 heterocycles. The summed E-state index contributed by atoms with van der Waals surface area (Å²) in [6.45, 7) is 1.95. The molecule has 54 valence electrons. The van der Waals surface area contributed by atoms with Crippen LogP contribution in [0.4, 0.5) is 0 Å². The molecule has 0 radical (unpaired) electrons. The van der Waals surface area contributed by atoms with Crippen LogP contribution in [0.3, 0.4) is 0 Å². The van der Waals surface area contributed by atoms with Crippen molar-refractivity contribution >= 4 is 11.0 Å². The summed E-state index contributed by atoms with van der Waals surface area (Å²) >= 11 is 0. The lowest BCUT2D eigenvalue weighted by Crippen LogP contribution is -1.81. The maximum Gasteiger partial charge on any atom is 0.0889 e. The second kappa shape index (κ2) is 2.31. The number of aromatic nitrogens is 2. The van der Waals surface area contributed by atoms with Gasteiger partial charge in [0.05, 0.1) is 12.4 Å². The van der Waals surface area contributed by atoms with Crippen LogP contribution < -0.4 is 0 Å². The van der Waals surface area contributed by atoms with E-state index in [1.807, 2.05) is 13.0 Å². The highest BCUT2D eigenvalue weighted by molar-refractivity contribution is 5.74. The Morgan fingerprint density at radius 2 is 2.00 bits per heavy atom. The van der Waals surface area contributed by atoms with Gasteiger partial charge < -0.3 is 0 Å². The van der Waals surface area contributed by atoms with Gasteiger partial charge in [-0.15, -0.1) is 0 Å². The van der Waals surface area contributed by atoms with E-state index in [4.69, 9.17) is 1.37 Å². The van der Waals surface area contributed by atoms with Gasteiger partial charge in [0.1, 0.15) is 0 Å². The third-order valence-electron chi connectivity index (χ3n) is 1.53. The first-order chi connectivity index (χ1) is 5.77. The van der Waals surface area contributed by atoms with Crippen molar-refractivity contribution in [3.05, 3.63) is 36.1 Å². The van der Waals surface area contributed by atoms with E-state index in [1.165, 1.54) is 0 Å². The number of rotatable bonds is 0. The van der Waals surface area contributed by atoms with Gasteiger partial charge in [0, 0.05) is 12.4 Å². The molecule has 0 atom stereocenters. The fourth-order valence-electron chi connectivity index (χ4n) is 1.01. The molecule has 11 heavy (non-hydrogen) atoms. The molecule has 0 aliphatic rings. The topological polar surface area (TPSA) is 25.8 Å². The highest BCUT2D eigenvalue weighted by Gasteiger charge is 1.92. The Labute approximate surface area is 66.3 Å². The third-order valence-corrected chi connectivity index (χ3v) is 1.53. The maximum atomic E-state index is 7.60. The Morgan fingerprint density at radius 3 is 2.82 bits per heavy atom. The molecule has 0 unspecified atom stereocenters. The molecule has 0 saturated carbocycles. The van der Waals surface area contributed by atoms with Crippen molar-refractivity contribution in [3.63, 3.8) is 0 Å². The number of benzene rings is 1. The van der Waals surface area contributed by atoms with Crippen LogP contribution in [0.15, 0.2) is 30.6 Å². The van der Waals surface area contributed by atoms with Crippen LogP contribution in [0.2, 0.25) is 0 Å². The molecular weight excluding hydrogens is 136 g/mol. The summed E-state index contributed by atoms with van der Waals surface area (Å²) in [6.07, 6.45) is 3.25. The number of hydrogen-bond donors (Lipinski definition) is 0. The zero-order valence-corrected chi connectivity index (χ0v) is 6.20. The average molecular weight is 145 g/mol. The molecule has 0 amide bonds. The van der Waals surface area contributed by atoms with E-state index in [1.54, 1.807) is 18.5 Å². The SMILES string of the molecule is [2H]c1cc(C)cc2nccnc12. The second-order valence-electron chi connectivity index (χ2n) is 2.47. The standard InChI is InChI=1S/C9H8N2/c1-7-2-3-8-9(6-7)11-5-4-10-8/h2-6H,1H3/i3D. The summed E-state index contributed by atoms with van der Waals surface area (Å²) < 4.78 is 7.60. The van der Waals surface area contributed by atoms with E-state index in [0.717, 1.165) is 11.1 Å². The lowest BCUT2D eigenvalue weighted by atomic mass is 10.2. The maximum absolute atomic E-state index is 7.60. The molecular formula is C9H8N2. The van der Waals surface area contributed by atoms with Gasteiger partial charge in [0.2, 0.25) is 0 Å². The lowest BCUT2D eigenvalue weighted by Gasteiger charge is -1.95. The summed E-state index contributed by atoms with van der Waals surface area (Å²) in [6, 6.07) is 4.16. The van der Waals surface area contributed by atoms with E-state index >= 15 is 0 Å². The van der Waals surface area contributed by atoms with Gasteiger partial charge in [-0.2, -0.15) is 0 Å². The summed E-state index contributed by atoms with van der Waals surface area (Å²) in [7, 11) is 0. The monoisotopic (exact) mass is 145 g/mol. The molecule has 0 saturated heterocycles. The molecule has 2 rings (SSSR count). The van der Waals surface area contributed by atoms with Gasteiger partial charge in [-0.25, -0.2) is 0 Å². The van der Waals surface area contributed by atoms with Crippen molar-refractivity contribution in [1.82, 2.24) is 9.97 Å². The fraction of sp³-hybridized carbons (Fsp3) is 0.111. The predicted molar refractivity (Wildman–Crippen MR) is 44.3 cm³/mol. The van der Waals surface area contributed by atoms with Crippen LogP contribution in [0.5, 0.6) is 0 Å². The van der Waals surface area contributed by atoms with Crippen molar-refractivity contribution in [2.75, 3.05) is 0 Å². The summed E-state index contributed by atoms with van der Waals surface area (Å²) in [4.78, 5) is 8.19. The van der Waals surface area contributed by atoms with Crippen molar-refractivity contribution in [1.29, 1.82) is 0 Å². The number of aryl methyl sites for hydroxylation is 1. The molecule has 2 heteroatoms. The smallest absolute Gasteiger partial charge is 0.0889 e. The molecule has 2 aromatic rings. The Balaban J connectivity index is 2.89. The quantitative estimate of drug-likeness (QED) is 0.566. The second-order valence-corrected chi connectivity index (χ2v) is 2.47. The molecule has 0 spiro atoms. The van der Waals surface area contributed by atoms with Crippen LogP contribution >= 0.6 is 0 Å². The molecule has 1 aromatic heterocycles. The average Bonchev–Trinajstić information content (AvgIpc) is 2.04. The lowest BCUT2D eigenvalue weighted by molar-refractivity contribution is 1.28. The Bertz CT molecular complexity index is 426. The first kappa shape index (κ1) is 5.24. The number of nitrogens with zero attached hydrogens (tertiary/aromatic N) is 2. The summed E-state index contributed by atoms with van der Waals surface area (Å²) in [5.41, 5.74) is 2.51. The van der Waals surface area contributed by atoms with E-state index in [-0.39, 0.29) is 0 Å². The third kappa shape index (κ3) is 1.07. The zero-order valence-electron chi connectivity index (χ0n) is 7.20. The fourth-order valence-corrected chi connectivity index (χ4v) is 1.01. The van der Waals surface area contributed by atoms with Crippen LogP contribution in [-0.2, 0) is 0 Å². The molecule has 1 aromatic carbocycles. The van der Waals surface area contributed by atoms with E-state index in [2.05, 4.69) is 9.97 Å².